The molecule has 0 radical (unpaired) electrons. The molecule has 4 aromatic rings. The van der Waals surface area contributed by atoms with Gasteiger partial charge in [-0.05, 0) is 68.7 Å². The van der Waals surface area contributed by atoms with Crippen LogP contribution < -0.4 is 10.6 Å². The van der Waals surface area contributed by atoms with E-state index in [1.165, 1.54) is 11.1 Å². The minimum atomic E-state index is 0.454. The summed E-state index contributed by atoms with van der Waals surface area (Å²) >= 11 is 17.9. The van der Waals surface area contributed by atoms with E-state index in [0.717, 1.165) is 28.3 Å². The van der Waals surface area contributed by atoms with E-state index in [9.17, 15) is 0 Å². The van der Waals surface area contributed by atoms with Crippen LogP contribution in [-0.2, 0) is 13.1 Å². The first-order chi connectivity index (χ1) is 16.2. The molecule has 0 aliphatic rings. The predicted octanol–water partition coefficient (Wildman–Crippen LogP) is 6.53. The molecule has 34 heavy (non-hydrogen) atoms. The van der Waals surface area contributed by atoms with Crippen molar-refractivity contribution in [3.63, 3.8) is 0 Å². The molecule has 0 amide bonds. The summed E-state index contributed by atoms with van der Waals surface area (Å²) in [6.45, 7) is 9.36. The summed E-state index contributed by atoms with van der Waals surface area (Å²) in [5.74, 6) is 0.655. The van der Waals surface area contributed by atoms with Gasteiger partial charge in [0.1, 0.15) is 0 Å². The summed E-state index contributed by atoms with van der Waals surface area (Å²) < 4.78 is 3.87. The van der Waals surface area contributed by atoms with Gasteiger partial charge in [-0.15, -0.1) is 0 Å². The van der Waals surface area contributed by atoms with E-state index >= 15 is 0 Å². The smallest absolute Gasteiger partial charge is 0.176 e. The van der Waals surface area contributed by atoms with Crippen LogP contribution in [0.3, 0.4) is 0 Å². The molecule has 4 rings (SSSR count). The average Bonchev–Trinajstić information content (AvgIpc) is 3.24. The zero-order valence-electron chi connectivity index (χ0n) is 19.5. The summed E-state index contributed by atoms with van der Waals surface area (Å²) in [5, 5.41) is 17.5. The SMILES string of the molecule is Cc1ccccc1Cn1nc(C)c(NC(=S)Nc2cc(C)n(Cc3ccc(Cl)cc3Cl)n2)c1C. The number of rotatable bonds is 6. The molecule has 0 saturated carbocycles. The molecular formula is C25H26Cl2N6S. The first kappa shape index (κ1) is 24.3. The highest BCUT2D eigenvalue weighted by atomic mass is 35.5. The molecule has 2 aromatic carbocycles. The summed E-state index contributed by atoms with van der Waals surface area (Å²) in [6, 6.07) is 15.7. The maximum atomic E-state index is 6.32. The number of thiocarbonyl (C=S) groups is 1. The van der Waals surface area contributed by atoms with Crippen molar-refractivity contribution in [2.75, 3.05) is 10.6 Å². The molecule has 0 saturated heterocycles. The van der Waals surface area contributed by atoms with Crippen LogP contribution in [0.25, 0.3) is 0 Å². The van der Waals surface area contributed by atoms with Gasteiger partial charge in [0.15, 0.2) is 10.9 Å². The fraction of sp³-hybridized carbons (Fsp3) is 0.240. The van der Waals surface area contributed by atoms with Crippen LogP contribution >= 0.6 is 35.4 Å². The van der Waals surface area contributed by atoms with Crippen molar-refractivity contribution in [3.05, 3.63) is 92.3 Å². The zero-order valence-corrected chi connectivity index (χ0v) is 21.8. The van der Waals surface area contributed by atoms with Crippen molar-refractivity contribution in [1.29, 1.82) is 0 Å². The lowest BCUT2D eigenvalue weighted by Crippen LogP contribution is -2.20. The average molecular weight is 513 g/mol. The summed E-state index contributed by atoms with van der Waals surface area (Å²) in [6.07, 6.45) is 0. The molecule has 2 aromatic heterocycles. The fourth-order valence-corrected chi connectivity index (χ4v) is 4.46. The van der Waals surface area contributed by atoms with Crippen LogP contribution in [0.1, 0.15) is 33.8 Å². The lowest BCUT2D eigenvalue weighted by Gasteiger charge is -2.11. The minimum absolute atomic E-state index is 0.454. The Morgan fingerprint density at radius 1 is 0.882 bits per heavy atom. The molecule has 0 spiro atoms. The van der Waals surface area contributed by atoms with Gasteiger partial charge in [0, 0.05) is 21.8 Å². The Balaban J connectivity index is 1.45. The number of halogens is 2. The topological polar surface area (TPSA) is 59.7 Å². The number of nitrogens with one attached hydrogen (secondary N) is 2. The number of aryl methyl sites for hydroxylation is 3. The fourth-order valence-electron chi connectivity index (χ4n) is 3.78. The van der Waals surface area contributed by atoms with E-state index < -0.39 is 0 Å². The third kappa shape index (κ3) is 5.43. The van der Waals surface area contributed by atoms with E-state index in [2.05, 4.69) is 34.8 Å². The van der Waals surface area contributed by atoms with E-state index in [1.54, 1.807) is 6.07 Å². The molecule has 0 unspecified atom stereocenters. The molecule has 0 fully saturated rings. The number of nitrogens with zero attached hydrogens (tertiary/aromatic N) is 4. The van der Waals surface area contributed by atoms with Crippen LogP contribution in [0.15, 0.2) is 48.5 Å². The number of benzene rings is 2. The Morgan fingerprint density at radius 2 is 1.62 bits per heavy atom. The summed E-state index contributed by atoms with van der Waals surface area (Å²) in [4.78, 5) is 0. The maximum Gasteiger partial charge on any atom is 0.176 e. The van der Waals surface area contributed by atoms with E-state index in [0.29, 0.717) is 34.1 Å². The monoisotopic (exact) mass is 512 g/mol. The van der Waals surface area contributed by atoms with Crippen molar-refractivity contribution in [3.8, 4) is 0 Å². The van der Waals surface area contributed by atoms with E-state index in [1.807, 2.05) is 60.5 Å². The minimum Gasteiger partial charge on any atom is -0.329 e. The standard InChI is InChI=1S/C25H26Cl2N6S/c1-15-7-5-6-8-19(15)13-33-18(4)24(17(3)30-33)29-25(34)28-23-11-16(2)32(31-23)14-20-9-10-21(26)12-22(20)27/h5-12H,13-14H2,1-4H3,(H2,28,29,31,34). The lowest BCUT2D eigenvalue weighted by molar-refractivity contribution is 0.657. The Morgan fingerprint density at radius 3 is 2.35 bits per heavy atom. The van der Waals surface area contributed by atoms with Crippen LogP contribution in [0.5, 0.6) is 0 Å². The molecule has 176 valence electrons. The van der Waals surface area contributed by atoms with Crippen LogP contribution in [0, 0.1) is 27.7 Å². The molecule has 2 N–H and O–H groups in total. The normalized spacial score (nSPS) is 11.0. The predicted molar refractivity (Wildman–Crippen MR) is 144 cm³/mol. The molecule has 9 heteroatoms. The van der Waals surface area contributed by atoms with Gasteiger partial charge in [-0.3, -0.25) is 9.36 Å². The molecule has 0 aliphatic heterocycles. The maximum absolute atomic E-state index is 6.32. The lowest BCUT2D eigenvalue weighted by atomic mass is 10.1. The molecule has 6 nitrogen and oxygen atoms in total. The summed E-state index contributed by atoms with van der Waals surface area (Å²) in [7, 11) is 0. The third-order valence-electron chi connectivity index (χ3n) is 5.76. The highest BCUT2D eigenvalue weighted by Crippen LogP contribution is 2.24. The Kier molecular flexibility index (Phi) is 7.26. The molecule has 0 aliphatic carbocycles. The number of hydrogen-bond acceptors (Lipinski definition) is 3. The number of hydrogen-bond donors (Lipinski definition) is 2. The Hall–Kier alpha value is -2.87. The number of anilines is 2. The Bertz CT molecular complexity index is 1360. The highest BCUT2D eigenvalue weighted by molar-refractivity contribution is 7.80. The zero-order chi connectivity index (χ0) is 24.4. The Labute approximate surface area is 214 Å². The van der Waals surface area contributed by atoms with Gasteiger partial charge < -0.3 is 10.6 Å². The van der Waals surface area contributed by atoms with Gasteiger partial charge in [0.2, 0.25) is 0 Å². The molecular weight excluding hydrogens is 487 g/mol. The summed E-state index contributed by atoms with van der Waals surface area (Å²) in [5.41, 5.74) is 7.20. The van der Waals surface area contributed by atoms with Gasteiger partial charge in [-0.1, -0.05) is 53.5 Å². The first-order valence-electron chi connectivity index (χ1n) is 10.9. The van der Waals surface area contributed by atoms with E-state index in [-0.39, 0.29) is 0 Å². The van der Waals surface area contributed by atoms with Crippen molar-refractivity contribution in [1.82, 2.24) is 19.6 Å². The van der Waals surface area contributed by atoms with Crippen molar-refractivity contribution < 1.29 is 0 Å². The van der Waals surface area contributed by atoms with Crippen molar-refractivity contribution in [2.24, 2.45) is 0 Å². The first-order valence-corrected chi connectivity index (χ1v) is 12.0. The van der Waals surface area contributed by atoms with Crippen molar-refractivity contribution >= 4 is 52.0 Å². The van der Waals surface area contributed by atoms with Gasteiger partial charge in [0.25, 0.3) is 0 Å². The second-order valence-electron chi connectivity index (χ2n) is 8.27. The van der Waals surface area contributed by atoms with Crippen LogP contribution in [0.4, 0.5) is 11.5 Å². The van der Waals surface area contributed by atoms with Crippen molar-refractivity contribution in [2.45, 2.75) is 40.8 Å². The largest absolute Gasteiger partial charge is 0.329 e. The van der Waals surface area contributed by atoms with E-state index in [4.69, 9.17) is 40.5 Å². The van der Waals surface area contributed by atoms with Gasteiger partial charge in [0.05, 0.1) is 30.2 Å². The highest BCUT2D eigenvalue weighted by Gasteiger charge is 2.15. The molecule has 0 bridgehead atoms. The number of aromatic nitrogens is 4. The third-order valence-corrected chi connectivity index (χ3v) is 6.55. The molecule has 2 heterocycles. The van der Waals surface area contributed by atoms with Gasteiger partial charge in [-0.2, -0.15) is 10.2 Å². The molecule has 0 atom stereocenters. The van der Waals surface area contributed by atoms with Crippen LogP contribution in [-0.4, -0.2) is 24.7 Å². The van der Waals surface area contributed by atoms with Crippen LogP contribution in [0.2, 0.25) is 10.0 Å². The second kappa shape index (κ2) is 10.2. The second-order valence-corrected chi connectivity index (χ2v) is 9.53. The van der Waals surface area contributed by atoms with Gasteiger partial charge in [-0.25, -0.2) is 0 Å². The quantitative estimate of drug-likeness (QED) is 0.287. The van der Waals surface area contributed by atoms with Gasteiger partial charge >= 0.3 is 0 Å².